The summed E-state index contributed by atoms with van der Waals surface area (Å²) in [5.74, 6) is -0.375. The lowest BCUT2D eigenvalue weighted by Gasteiger charge is -2.08. The highest BCUT2D eigenvalue weighted by Gasteiger charge is 2.23. The zero-order valence-corrected chi connectivity index (χ0v) is 13.5. The number of fused-ring (bicyclic) bond motifs is 1. The molecule has 1 aromatic carbocycles. The van der Waals surface area contributed by atoms with E-state index in [9.17, 15) is 14.5 Å². The molecule has 25 heavy (non-hydrogen) atoms. The molecule has 10 heteroatoms. The summed E-state index contributed by atoms with van der Waals surface area (Å²) < 4.78 is 17.2. The molecule has 4 rings (SSSR count). The van der Waals surface area contributed by atoms with E-state index in [1.54, 1.807) is 40.7 Å². The lowest BCUT2D eigenvalue weighted by atomic mass is 10.2. The molecule has 0 aliphatic heterocycles. The normalized spacial score (nSPS) is 11.1. The van der Waals surface area contributed by atoms with Crippen molar-refractivity contribution in [3.8, 4) is 5.69 Å². The molecule has 0 spiro atoms. The SMILES string of the molecule is O=[N+]([O-])c1c(NCc2ccc(-n3ccnc3)c(F)c2)nc2sccn12. The van der Waals surface area contributed by atoms with Gasteiger partial charge < -0.3 is 20.0 Å². The summed E-state index contributed by atoms with van der Waals surface area (Å²) in [5, 5.41) is 15.9. The third-order valence-electron chi connectivity index (χ3n) is 3.66. The van der Waals surface area contributed by atoms with Crippen LogP contribution in [0, 0.1) is 15.9 Å². The highest BCUT2D eigenvalue weighted by atomic mass is 32.1. The van der Waals surface area contributed by atoms with E-state index in [2.05, 4.69) is 15.3 Å². The van der Waals surface area contributed by atoms with Gasteiger partial charge in [-0.1, -0.05) is 17.4 Å². The van der Waals surface area contributed by atoms with Crippen LogP contribution in [0.2, 0.25) is 0 Å². The van der Waals surface area contributed by atoms with Crippen molar-refractivity contribution >= 4 is 27.9 Å². The molecule has 0 fully saturated rings. The van der Waals surface area contributed by atoms with Crippen LogP contribution in [-0.2, 0) is 6.54 Å². The summed E-state index contributed by atoms with van der Waals surface area (Å²) in [6.07, 6.45) is 6.32. The minimum Gasteiger partial charge on any atom is -0.359 e. The minimum atomic E-state index is -0.488. The molecule has 0 bridgehead atoms. The Balaban J connectivity index is 1.58. The van der Waals surface area contributed by atoms with Crippen LogP contribution in [0.5, 0.6) is 0 Å². The van der Waals surface area contributed by atoms with Crippen LogP contribution < -0.4 is 5.32 Å². The molecular formula is C15H11FN6O2S. The van der Waals surface area contributed by atoms with E-state index in [4.69, 9.17) is 0 Å². The van der Waals surface area contributed by atoms with Crippen molar-refractivity contribution in [1.29, 1.82) is 0 Å². The van der Waals surface area contributed by atoms with E-state index in [-0.39, 0.29) is 18.2 Å². The van der Waals surface area contributed by atoms with Crippen LogP contribution >= 0.6 is 11.3 Å². The number of nitro groups is 1. The number of aromatic nitrogens is 4. The van der Waals surface area contributed by atoms with Crippen LogP contribution in [0.4, 0.5) is 16.0 Å². The Morgan fingerprint density at radius 1 is 1.36 bits per heavy atom. The number of hydrogen-bond donors (Lipinski definition) is 1. The molecular weight excluding hydrogens is 347 g/mol. The van der Waals surface area contributed by atoms with Crippen molar-refractivity contribution < 1.29 is 9.31 Å². The molecule has 1 N–H and O–H groups in total. The predicted molar refractivity (Wildman–Crippen MR) is 90.6 cm³/mol. The molecule has 0 saturated heterocycles. The average Bonchev–Trinajstić information content (AvgIpc) is 3.29. The van der Waals surface area contributed by atoms with E-state index >= 15 is 0 Å². The van der Waals surface area contributed by atoms with Gasteiger partial charge in [-0.05, 0) is 22.6 Å². The zero-order chi connectivity index (χ0) is 17.4. The van der Waals surface area contributed by atoms with Gasteiger partial charge in [-0.25, -0.2) is 9.37 Å². The van der Waals surface area contributed by atoms with E-state index in [1.807, 2.05) is 0 Å². The lowest BCUT2D eigenvalue weighted by Crippen LogP contribution is -2.04. The molecule has 0 radical (unpaired) electrons. The maximum Gasteiger partial charge on any atom is 0.372 e. The number of hydrogen-bond acceptors (Lipinski definition) is 6. The lowest BCUT2D eigenvalue weighted by molar-refractivity contribution is -0.389. The van der Waals surface area contributed by atoms with Gasteiger partial charge in [0.05, 0.1) is 12.0 Å². The van der Waals surface area contributed by atoms with Crippen LogP contribution in [0.3, 0.4) is 0 Å². The number of thiazole rings is 1. The number of anilines is 1. The molecule has 0 amide bonds. The number of imidazole rings is 2. The largest absolute Gasteiger partial charge is 0.372 e. The van der Waals surface area contributed by atoms with Crippen LogP contribution in [0.15, 0.2) is 48.5 Å². The van der Waals surface area contributed by atoms with E-state index in [1.165, 1.54) is 28.1 Å². The Morgan fingerprint density at radius 2 is 2.24 bits per heavy atom. The fraction of sp³-hybridized carbons (Fsp3) is 0.0667. The quantitative estimate of drug-likeness (QED) is 0.437. The van der Waals surface area contributed by atoms with Crippen LogP contribution in [0.1, 0.15) is 5.56 Å². The summed E-state index contributed by atoms with van der Waals surface area (Å²) in [5.41, 5.74) is 1.03. The smallest absolute Gasteiger partial charge is 0.359 e. The van der Waals surface area contributed by atoms with Crippen molar-refractivity contribution in [1.82, 2.24) is 18.9 Å². The molecule has 0 aliphatic rings. The van der Waals surface area contributed by atoms with Crippen molar-refractivity contribution in [2.75, 3.05) is 5.32 Å². The number of halogens is 1. The Hall–Kier alpha value is -3.27. The standard InChI is InChI=1S/C15H11FN6O2S/c16-11-7-10(1-2-12(11)20-4-3-17-9-20)8-18-13-14(22(23)24)21-5-6-25-15(21)19-13/h1-7,9,18H,8H2. The second kappa shape index (κ2) is 5.98. The Bertz CT molecular complexity index is 1060. The average molecular weight is 358 g/mol. The molecule has 8 nitrogen and oxygen atoms in total. The van der Waals surface area contributed by atoms with Crippen LogP contribution in [0.25, 0.3) is 10.6 Å². The fourth-order valence-corrected chi connectivity index (χ4v) is 3.23. The molecule has 126 valence electrons. The second-order valence-electron chi connectivity index (χ2n) is 5.21. The maximum atomic E-state index is 14.3. The molecule has 0 atom stereocenters. The van der Waals surface area contributed by atoms with Gasteiger partial charge in [0, 0.05) is 24.3 Å². The zero-order valence-electron chi connectivity index (χ0n) is 12.7. The fourth-order valence-electron chi connectivity index (χ4n) is 2.52. The first-order valence-corrected chi connectivity index (χ1v) is 8.12. The first kappa shape index (κ1) is 15.3. The van der Waals surface area contributed by atoms with Crippen molar-refractivity contribution in [3.05, 3.63) is 70.0 Å². The van der Waals surface area contributed by atoms with Gasteiger partial charge in [0.15, 0.2) is 0 Å². The third kappa shape index (κ3) is 2.72. The second-order valence-corrected chi connectivity index (χ2v) is 6.08. The molecule has 4 aromatic rings. The molecule has 3 aromatic heterocycles. The van der Waals surface area contributed by atoms with Gasteiger partial charge in [0.25, 0.3) is 4.96 Å². The Kier molecular flexibility index (Phi) is 3.65. The van der Waals surface area contributed by atoms with Gasteiger partial charge in [-0.3, -0.25) is 0 Å². The first-order valence-electron chi connectivity index (χ1n) is 7.24. The Labute approximate surface area is 144 Å². The molecule has 0 unspecified atom stereocenters. The van der Waals surface area contributed by atoms with Crippen LogP contribution in [-0.4, -0.2) is 23.9 Å². The topological polar surface area (TPSA) is 90.3 Å². The third-order valence-corrected chi connectivity index (χ3v) is 4.42. The minimum absolute atomic E-state index is 0.133. The maximum absolute atomic E-state index is 14.3. The van der Waals surface area contributed by atoms with E-state index < -0.39 is 10.7 Å². The molecule has 0 saturated carbocycles. The number of benzene rings is 1. The van der Waals surface area contributed by atoms with Gasteiger partial charge in [0.1, 0.15) is 12.0 Å². The highest BCUT2D eigenvalue weighted by Crippen LogP contribution is 2.28. The van der Waals surface area contributed by atoms with E-state index in [0.29, 0.717) is 16.2 Å². The Morgan fingerprint density at radius 3 is 2.96 bits per heavy atom. The number of nitrogens with zero attached hydrogens (tertiary/aromatic N) is 5. The van der Waals surface area contributed by atoms with Gasteiger partial charge >= 0.3 is 5.82 Å². The first-order chi connectivity index (χ1) is 12.1. The van der Waals surface area contributed by atoms with Crippen molar-refractivity contribution in [2.24, 2.45) is 0 Å². The molecule has 0 aliphatic carbocycles. The number of rotatable bonds is 5. The summed E-state index contributed by atoms with van der Waals surface area (Å²) >= 11 is 1.30. The van der Waals surface area contributed by atoms with Gasteiger partial charge in [-0.2, -0.15) is 9.38 Å². The van der Waals surface area contributed by atoms with E-state index in [0.717, 1.165) is 0 Å². The summed E-state index contributed by atoms with van der Waals surface area (Å²) in [6, 6.07) is 4.76. The monoisotopic (exact) mass is 358 g/mol. The summed E-state index contributed by atoms with van der Waals surface area (Å²) in [4.78, 5) is 19.4. The predicted octanol–water partition coefficient (Wildman–Crippen LogP) is 3.24. The van der Waals surface area contributed by atoms with Crippen molar-refractivity contribution in [3.63, 3.8) is 0 Å². The number of nitrogens with one attached hydrogen (secondary N) is 1. The molecule has 3 heterocycles. The van der Waals surface area contributed by atoms with Gasteiger partial charge in [0.2, 0.25) is 5.82 Å². The van der Waals surface area contributed by atoms with Gasteiger partial charge in [-0.15, -0.1) is 0 Å². The summed E-state index contributed by atoms with van der Waals surface area (Å²) in [7, 11) is 0. The summed E-state index contributed by atoms with van der Waals surface area (Å²) in [6.45, 7) is 0.215. The van der Waals surface area contributed by atoms with Crippen molar-refractivity contribution in [2.45, 2.75) is 6.54 Å². The highest BCUT2D eigenvalue weighted by molar-refractivity contribution is 7.15.